The topological polar surface area (TPSA) is 24.9 Å². The second-order valence-corrected chi connectivity index (χ2v) is 4.49. The Balaban J connectivity index is 1.58. The van der Waals surface area contributed by atoms with Gasteiger partial charge in [-0.05, 0) is 57.2 Å². The van der Waals surface area contributed by atoms with Gasteiger partial charge in [0, 0.05) is 17.9 Å². The number of aryl methyl sites for hydroxylation is 2. The molecule has 0 unspecified atom stereocenters. The number of nitrogens with one attached hydrogen (secondary N) is 1. The van der Waals surface area contributed by atoms with Gasteiger partial charge in [0.25, 0.3) is 0 Å². The third kappa shape index (κ3) is 4.00. The largest absolute Gasteiger partial charge is 0.314 e. The summed E-state index contributed by atoms with van der Waals surface area (Å²) in [7, 11) is 0. The molecule has 1 saturated carbocycles. The van der Waals surface area contributed by atoms with E-state index in [4.69, 9.17) is 0 Å². The summed E-state index contributed by atoms with van der Waals surface area (Å²) in [6.45, 7) is 3.22. The summed E-state index contributed by atoms with van der Waals surface area (Å²) >= 11 is 0. The molecular formula is C13H20N2. The Bertz CT molecular complexity index is 288. The van der Waals surface area contributed by atoms with E-state index in [1.165, 1.54) is 44.2 Å². The van der Waals surface area contributed by atoms with Crippen LogP contribution in [0.3, 0.4) is 0 Å². The van der Waals surface area contributed by atoms with Crippen molar-refractivity contribution in [2.75, 3.05) is 6.54 Å². The molecule has 1 aliphatic rings. The molecular weight excluding hydrogens is 184 g/mol. The van der Waals surface area contributed by atoms with Gasteiger partial charge in [0.15, 0.2) is 0 Å². The fourth-order valence-corrected chi connectivity index (χ4v) is 1.69. The van der Waals surface area contributed by atoms with E-state index in [0.717, 1.165) is 11.7 Å². The number of pyridine rings is 1. The van der Waals surface area contributed by atoms with E-state index in [2.05, 4.69) is 22.4 Å². The van der Waals surface area contributed by atoms with E-state index in [1.54, 1.807) is 0 Å². The van der Waals surface area contributed by atoms with Crippen molar-refractivity contribution in [3.63, 3.8) is 0 Å². The molecule has 0 bridgehead atoms. The van der Waals surface area contributed by atoms with Gasteiger partial charge in [0.1, 0.15) is 0 Å². The van der Waals surface area contributed by atoms with Gasteiger partial charge in [-0.1, -0.05) is 6.07 Å². The summed E-state index contributed by atoms with van der Waals surface area (Å²) in [6.07, 6.45) is 8.50. The molecule has 0 aromatic carbocycles. The van der Waals surface area contributed by atoms with Gasteiger partial charge >= 0.3 is 0 Å². The van der Waals surface area contributed by atoms with Gasteiger partial charge in [-0.3, -0.25) is 4.98 Å². The average molecular weight is 204 g/mol. The van der Waals surface area contributed by atoms with E-state index in [-0.39, 0.29) is 0 Å². The second-order valence-electron chi connectivity index (χ2n) is 4.49. The van der Waals surface area contributed by atoms with Crippen molar-refractivity contribution < 1.29 is 0 Å². The maximum atomic E-state index is 4.30. The average Bonchev–Trinajstić information content (AvgIpc) is 3.04. The molecule has 2 rings (SSSR count). The highest BCUT2D eigenvalue weighted by Crippen LogP contribution is 2.18. The SMILES string of the molecule is Cc1ccc(CCCCNC2CC2)cn1. The quantitative estimate of drug-likeness (QED) is 0.720. The highest BCUT2D eigenvalue weighted by molar-refractivity contribution is 5.12. The molecule has 15 heavy (non-hydrogen) atoms. The Morgan fingerprint density at radius 1 is 1.33 bits per heavy atom. The molecule has 1 N–H and O–H groups in total. The van der Waals surface area contributed by atoms with Crippen LogP contribution in [-0.2, 0) is 6.42 Å². The lowest BCUT2D eigenvalue weighted by molar-refractivity contribution is 0.619. The maximum absolute atomic E-state index is 4.30. The molecule has 1 aliphatic carbocycles. The van der Waals surface area contributed by atoms with Crippen LogP contribution >= 0.6 is 0 Å². The number of unbranched alkanes of at least 4 members (excludes halogenated alkanes) is 1. The minimum Gasteiger partial charge on any atom is -0.314 e. The minimum atomic E-state index is 0.853. The van der Waals surface area contributed by atoms with Crippen LogP contribution in [-0.4, -0.2) is 17.6 Å². The Labute approximate surface area is 92.1 Å². The smallest absolute Gasteiger partial charge is 0.0372 e. The van der Waals surface area contributed by atoms with Crippen molar-refractivity contribution >= 4 is 0 Å². The van der Waals surface area contributed by atoms with Gasteiger partial charge in [0.05, 0.1) is 0 Å². The van der Waals surface area contributed by atoms with Crippen molar-refractivity contribution in [3.8, 4) is 0 Å². The highest BCUT2D eigenvalue weighted by Gasteiger charge is 2.19. The van der Waals surface area contributed by atoms with E-state index >= 15 is 0 Å². The lowest BCUT2D eigenvalue weighted by Gasteiger charge is -2.03. The fraction of sp³-hybridized carbons (Fsp3) is 0.615. The van der Waals surface area contributed by atoms with Gasteiger partial charge in [-0.25, -0.2) is 0 Å². The van der Waals surface area contributed by atoms with Crippen molar-refractivity contribution in [2.45, 2.75) is 45.1 Å². The molecule has 1 aromatic rings. The van der Waals surface area contributed by atoms with Gasteiger partial charge in [-0.15, -0.1) is 0 Å². The van der Waals surface area contributed by atoms with E-state index in [9.17, 15) is 0 Å². The Morgan fingerprint density at radius 3 is 2.87 bits per heavy atom. The Hall–Kier alpha value is -0.890. The van der Waals surface area contributed by atoms with Crippen LogP contribution in [0.4, 0.5) is 0 Å². The predicted molar refractivity (Wildman–Crippen MR) is 62.9 cm³/mol. The predicted octanol–water partition coefficient (Wildman–Crippen LogP) is 2.46. The first-order valence-electron chi connectivity index (χ1n) is 5.99. The Morgan fingerprint density at radius 2 is 2.20 bits per heavy atom. The number of hydrogen-bond acceptors (Lipinski definition) is 2. The molecule has 0 atom stereocenters. The zero-order valence-corrected chi connectivity index (χ0v) is 9.50. The first-order valence-corrected chi connectivity index (χ1v) is 5.99. The van der Waals surface area contributed by atoms with Crippen LogP contribution < -0.4 is 5.32 Å². The van der Waals surface area contributed by atoms with Crippen molar-refractivity contribution in [1.29, 1.82) is 0 Å². The van der Waals surface area contributed by atoms with E-state index in [0.29, 0.717) is 0 Å². The van der Waals surface area contributed by atoms with Crippen LogP contribution in [0, 0.1) is 6.92 Å². The van der Waals surface area contributed by atoms with Crippen LogP contribution in [0.5, 0.6) is 0 Å². The summed E-state index contributed by atoms with van der Waals surface area (Å²) in [5, 5.41) is 3.54. The molecule has 0 spiro atoms. The lowest BCUT2D eigenvalue weighted by atomic mass is 10.1. The molecule has 2 nitrogen and oxygen atoms in total. The van der Waals surface area contributed by atoms with Crippen LogP contribution in [0.25, 0.3) is 0 Å². The van der Waals surface area contributed by atoms with Crippen LogP contribution in [0.15, 0.2) is 18.3 Å². The summed E-state index contributed by atoms with van der Waals surface area (Å²) in [4.78, 5) is 4.30. The van der Waals surface area contributed by atoms with E-state index < -0.39 is 0 Å². The summed E-state index contributed by atoms with van der Waals surface area (Å²) in [6, 6.07) is 5.14. The molecule has 82 valence electrons. The van der Waals surface area contributed by atoms with Gasteiger partial charge in [0.2, 0.25) is 0 Å². The molecule has 0 saturated heterocycles. The molecule has 1 fully saturated rings. The molecule has 0 aliphatic heterocycles. The molecule has 2 heteroatoms. The summed E-state index contributed by atoms with van der Waals surface area (Å²) < 4.78 is 0. The molecule has 0 amide bonds. The summed E-state index contributed by atoms with van der Waals surface area (Å²) in [5.74, 6) is 0. The second kappa shape index (κ2) is 5.26. The fourth-order valence-electron chi connectivity index (χ4n) is 1.69. The summed E-state index contributed by atoms with van der Waals surface area (Å²) in [5.41, 5.74) is 2.47. The van der Waals surface area contributed by atoms with Gasteiger partial charge < -0.3 is 5.32 Å². The third-order valence-corrected chi connectivity index (χ3v) is 2.88. The first kappa shape index (κ1) is 10.6. The van der Waals surface area contributed by atoms with Crippen molar-refractivity contribution in [1.82, 2.24) is 10.3 Å². The van der Waals surface area contributed by atoms with Crippen molar-refractivity contribution in [3.05, 3.63) is 29.6 Å². The zero-order valence-electron chi connectivity index (χ0n) is 9.50. The monoisotopic (exact) mass is 204 g/mol. The first-order chi connectivity index (χ1) is 7.34. The normalized spacial score (nSPS) is 15.5. The lowest BCUT2D eigenvalue weighted by Crippen LogP contribution is -2.17. The molecule has 1 heterocycles. The highest BCUT2D eigenvalue weighted by atomic mass is 14.9. The molecule has 0 radical (unpaired) electrons. The van der Waals surface area contributed by atoms with E-state index in [1.807, 2.05) is 13.1 Å². The van der Waals surface area contributed by atoms with Gasteiger partial charge in [-0.2, -0.15) is 0 Å². The molecule has 1 aromatic heterocycles. The number of rotatable bonds is 6. The minimum absolute atomic E-state index is 0.853. The number of aromatic nitrogens is 1. The number of hydrogen-bond donors (Lipinski definition) is 1. The van der Waals surface area contributed by atoms with Crippen molar-refractivity contribution in [2.24, 2.45) is 0 Å². The zero-order chi connectivity index (χ0) is 10.5. The Kier molecular flexibility index (Phi) is 3.73. The standard InChI is InChI=1S/C13H20N2/c1-11-5-6-12(10-15-11)4-2-3-9-14-13-7-8-13/h5-6,10,13-14H,2-4,7-9H2,1H3. The van der Waals surface area contributed by atoms with Crippen LogP contribution in [0.2, 0.25) is 0 Å². The van der Waals surface area contributed by atoms with Crippen LogP contribution in [0.1, 0.15) is 36.9 Å². The number of nitrogens with zero attached hydrogens (tertiary/aromatic N) is 1. The third-order valence-electron chi connectivity index (χ3n) is 2.88. The maximum Gasteiger partial charge on any atom is 0.0372 e.